The van der Waals surface area contributed by atoms with E-state index in [0.29, 0.717) is 45.4 Å². The Labute approximate surface area is 225 Å². The Morgan fingerprint density at radius 1 is 0.865 bits per heavy atom. The highest BCUT2D eigenvalue weighted by atomic mass is 16.6. The van der Waals surface area contributed by atoms with Gasteiger partial charge in [-0.1, -0.05) is 51.2 Å². The van der Waals surface area contributed by atoms with Gasteiger partial charge in [-0.15, -0.1) is 0 Å². The third kappa shape index (κ3) is 23.0. The Bertz CT molecular complexity index is 624. The molecule has 37 heavy (non-hydrogen) atoms. The molecule has 0 fully saturated rings. The number of allylic oxidation sites excluding steroid dienone is 1. The molecule has 0 heterocycles. The summed E-state index contributed by atoms with van der Waals surface area (Å²) < 4.78 is 10.7. The highest BCUT2D eigenvalue weighted by molar-refractivity contribution is 5.75. The summed E-state index contributed by atoms with van der Waals surface area (Å²) in [5.74, 6) is -0.546. The van der Waals surface area contributed by atoms with E-state index in [4.69, 9.17) is 9.47 Å². The average molecular weight is 527 g/mol. The first kappa shape index (κ1) is 35.1. The summed E-state index contributed by atoms with van der Waals surface area (Å²) in [6.07, 6.45) is 14.5. The molecule has 0 rings (SSSR count). The maximum absolute atomic E-state index is 12.3. The van der Waals surface area contributed by atoms with E-state index in [-0.39, 0.29) is 30.7 Å². The van der Waals surface area contributed by atoms with Crippen LogP contribution in [0.4, 0.5) is 0 Å². The zero-order valence-corrected chi connectivity index (χ0v) is 24.0. The SMILES string of the molecule is CCCCCC(OC(=O)CCCC(=O)OCCN(C)C)C(O)CC=CCCCCCCCC(=O)NCC. The van der Waals surface area contributed by atoms with Gasteiger partial charge in [0.1, 0.15) is 12.7 Å². The van der Waals surface area contributed by atoms with Crippen LogP contribution in [0.1, 0.15) is 110 Å². The smallest absolute Gasteiger partial charge is 0.306 e. The van der Waals surface area contributed by atoms with Crippen LogP contribution in [-0.2, 0) is 23.9 Å². The molecule has 2 N–H and O–H groups in total. The number of aliphatic hydroxyl groups excluding tert-OH is 1. The fraction of sp³-hybridized carbons (Fsp3) is 0.828. The number of hydrogen-bond acceptors (Lipinski definition) is 7. The summed E-state index contributed by atoms with van der Waals surface area (Å²) in [6.45, 7) is 5.74. The number of hydrogen-bond donors (Lipinski definition) is 2. The van der Waals surface area contributed by atoms with E-state index in [1.54, 1.807) is 0 Å². The van der Waals surface area contributed by atoms with Crippen molar-refractivity contribution in [3.8, 4) is 0 Å². The first-order valence-electron chi connectivity index (χ1n) is 14.4. The van der Waals surface area contributed by atoms with Gasteiger partial charge in [0.25, 0.3) is 0 Å². The van der Waals surface area contributed by atoms with Gasteiger partial charge in [-0.2, -0.15) is 0 Å². The largest absolute Gasteiger partial charge is 0.464 e. The van der Waals surface area contributed by atoms with Crippen molar-refractivity contribution in [2.45, 2.75) is 122 Å². The number of nitrogens with one attached hydrogen (secondary N) is 1. The lowest BCUT2D eigenvalue weighted by Crippen LogP contribution is -2.31. The normalized spacial score (nSPS) is 13.0. The topological polar surface area (TPSA) is 105 Å². The molecule has 0 bridgehead atoms. The number of carbonyl (C=O) groups is 3. The lowest BCUT2D eigenvalue weighted by atomic mass is 10.0. The van der Waals surface area contributed by atoms with Gasteiger partial charge >= 0.3 is 11.9 Å². The first-order valence-corrected chi connectivity index (χ1v) is 14.4. The molecule has 2 unspecified atom stereocenters. The van der Waals surface area contributed by atoms with Crippen molar-refractivity contribution in [2.75, 3.05) is 33.8 Å². The number of aliphatic hydroxyl groups is 1. The molecule has 0 aromatic carbocycles. The Morgan fingerprint density at radius 3 is 2.27 bits per heavy atom. The second-order valence-corrected chi connectivity index (χ2v) is 9.94. The molecule has 0 saturated carbocycles. The summed E-state index contributed by atoms with van der Waals surface area (Å²) in [4.78, 5) is 37.5. The quantitative estimate of drug-likeness (QED) is 0.104. The van der Waals surface area contributed by atoms with E-state index < -0.39 is 12.2 Å². The van der Waals surface area contributed by atoms with Gasteiger partial charge in [0.15, 0.2) is 0 Å². The van der Waals surface area contributed by atoms with E-state index in [1.807, 2.05) is 32.0 Å². The van der Waals surface area contributed by atoms with E-state index in [1.165, 1.54) is 0 Å². The summed E-state index contributed by atoms with van der Waals surface area (Å²) in [6, 6.07) is 0. The van der Waals surface area contributed by atoms with Gasteiger partial charge in [0, 0.05) is 32.4 Å². The van der Waals surface area contributed by atoms with Gasteiger partial charge < -0.3 is 24.8 Å². The predicted octanol–water partition coefficient (Wildman–Crippen LogP) is 4.93. The van der Waals surface area contributed by atoms with Crippen LogP contribution >= 0.6 is 0 Å². The number of amides is 1. The number of carbonyl (C=O) groups excluding carboxylic acids is 3. The van der Waals surface area contributed by atoms with Gasteiger partial charge in [0.05, 0.1) is 6.10 Å². The second kappa shape index (κ2) is 24.4. The monoisotopic (exact) mass is 526 g/mol. The maximum atomic E-state index is 12.3. The molecule has 0 spiro atoms. The van der Waals surface area contributed by atoms with Gasteiger partial charge in [-0.25, -0.2) is 0 Å². The predicted molar refractivity (Wildman–Crippen MR) is 148 cm³/mol. The first-order chi connectivity index (χ1) is 17.8. The standard InChI is InChI=1S/C29H54N2O6/c1-5-7-14-19-26(37-29(35)22-17-21-28(34)36-24-23-31(3)4)25(32)18-15-12-10-8-9-11-13-16-20-27(33)30-6-2/h12,15,25-26,32H,5-11,13-14,16-24H2,1-4H3,(H,30,33). The molecule has 2 atom stereocenters. The van der Waals surface area contributed by atoms with Crippen molar-refractivity contribution in [3.05, 3.63) is 12.2 Å². The van der Waals surface area contributed by atoms with Gasteiger partial charge in [0.2, 0.25) is 5.91 Å². The molecule has 0 aliphatic carbocycles. The van der Waals surface area contributed by atoms with Crippen LogP contribution < -0.4 is 5.32 Å². The van der Waals surface area contributed by atoms with Crippen molar-refractivity contribution in [1.82, 2.24) is 10.2 Å². The van der Waals surface area contributed by atoms with Gasteiger partial charge in [-0.05, 0) is 66.0 Å². The summed E-state index contributed by atoms with van der Waals surface area (Å²) in [7, 11) is 3.82. The Morgan fingerprint density at radius 2 is 1.57 bits per heavy atom. The number of unbranched alkanes of at least 4 members (excludes halogenated alkanes) is 7. The molecule has 0 radical (unpaired) electrons. The third-order valence-electron chi connectivity index (χ3n) is 6.06. The van der Waals surface area contributed by atoms with Crippen molar-refractivity contribution in [1.29, 1.82) is 0 Å². The van der Waals surface area contributed by atoms with Crippen molar-refractivity contribution in [3.63, 3.8) is 0 Å². The Balaban J connectivity index is 4.20. The molecule has 8 heteroatoms. The van der Waals surface area contributed by atoms with E-state index in [9.17, 15) is 19.5 Å². The average Bonchev–Trinajstić information content (AvgIpc) is 2.84. The highest BCUT2D eigenvalue weighted by Crippen LogP contribution is 2.16. The second-order valence-electron chi connectivity index (χ2n) is 9.94. The van der Waals surface area contributed by atoms with Crippen LogP contribution in [0.2, 0.25) is 0 Å². The van der Waals surface area contributed by atoms with Crippen LogP contribution in [0.25, 0.3) is 0 Å². The Hall–Kier alpha value is -1.93. The summed E-state index contributed by atoms with van der Waals surface area (Å²) >= 11 is 0. The molecule has 216 valence electrons. The fourth-order valence-electron chi connectivity index (χ4n) is 3.81. The minimum atomic E-state index is -0.734. The number of rotatable bonds is 24. The minimum Gasteiger partial charge on any atom is -0.464 e. The highest BCUT2D eigenvalue weighted by Gasteiger charge is 2.22. The van der Waals surface area contributed by atoms with Gasteiger partial charge in [-0.3, -0.25) is 14.4 Å². The molecule has 0 saturated heterocycles. The van der Waals surface area contributed by atoms with E-state index >= 15 is 0 Å². The molecular weight excluding hydrogens is 472 g/mol. The van der Waals surface area contributed by atoms with Crippen molar-refractivity contribution >= 4 is 17.8 Å². The molecular formula is C29H54N2O6. The summed E-state index contributed by atoms with van der Waals surface area (Å²) in [5.41, 5.74) is 0. The summed E-state index contributed by atoms with van der Waals surface area (Å²) in [5, 5.41) is 13.5. The molecule has 8 nitrogen and oxygen atoms in total. The molecule has 0 aliphatic rings. The van der Waals surface area contributed by atoms with Crippen LogP contribution in [0.3, 0.4) is 0 Å². The maximum Gasteiger partial charge on any atom is 0.306 e. The number of ether oxygens (including phenoxy) is 2. The number of likely N-dealkylation sites (N-methyl/N-ethyl adjacent to an activating group) is 1. The zero-order valence-electron chi connectivity index (χ0n) is 24.0. The zero-order chi connectivity index (χ0) is 27.7. The fourth-order valence-corrected chi connectivity index (χ4v) is 3.81. The van der Waals surface area contributed by atoms with Crippen LogP contribution in [0.5, 0.6) is 0 Å². The van der Waals surface area contributed by atoms with Crippen molar-refractivity contribution in [2.24, 2.45) is 0 Å². The lowest BCUT2D eigenvalue weighted by Gasteiger charge is -2.22. The van der Waals surface area contributed by atoms with E-state index in [0.717, 1.165) is 57.8 Å². The third-order valence-corrected chi connectivity index (χ3v) is 6.06. The number of nitrogens with zero attached hydrogens (tertiary/aromatic N) is 1. The minimum absolute atomic E-state index is 0.138. The molecule has 0 aromatic rings. The molecule has 1 amide bonds. The van der Waals surface area contributed by atoms with Crippen LogP contribution in [-0.4, -0.2) is 73.9 Å². The van der Waals surface area contributed by atoms with E-state index in [2.05, 4.69) is 18.3 Å². The van der Waals surface area contributed by atoms with Crippen LogP contribution in [0, 0.1) is 0 Å². The van der Waals surface area contributed by atoms with Crippen LogP contribution in [0.15, 0.2) is 12.2 Å². The Kier molecular flexibility index (Phi) is 23.1. The molecule has 0 aliphatic heterocycles. The van der Waals surface area contributed by atoms with Crippen molar-refractivity contribution < 1.29 is 29.0 Å². The lowest BCUT2D eigenvalue weighted by molar-refractivity contribution is -0.156. The number of esters is 2. The molecule has 0 aromatic heterocycles.